The number of hydrogen-bond acceptors (Lipinski definition) is 2. The van der Waals surface area contributed by atoms with Gasteiger partial charge in [0.1, 0.15) is 0 Å². The molecule has 20 heavy (non-hydrogen) atoms. The predicted octanol–water partition coefficient (Wildman–Crippen LogP) is 3.43. The van der Waals surface area contributed by atoms with E-state index in [-0.39, 0.29) is 31.9 Å². The summed E-state index contributed by atoms with van der Waals surface area (Å²) in [7, 11) is 0. The minimum absolute atomic E-state index is 0.0514. The summed E-state index contributed by atoms with van der Waals surface area (Å²) in [6.07, 6.45) is -3.87. The Hall–Kier alpha value is -1.07. The van der Waals surface area contributed by atoms with Crippen molar-refractivity contribution in [2.45, 2.75) is 44.4 Å². The molecule has 1 aromatic rings. The third-order valence-corrected chi connectivity index (χ3v) is 4.10. The normalized spacial score (nSPS) is 20.4. The second-order valence-electron chi connectivity index (χ2n) is 5.66. The molecule has 112 valence electrons. The first kappa shape index (κ1) is 15.3. The van der Waals surface area contributed by atoms with Crippen LogP contribution in [0.1, 0.15) is 37.8 Å². The molecule has 0 heterocycles. The summed E-state index contributed by atoms with van der Waals surface area (Å²) in [5, 5.41) is 12.4. The zero-order valence-electron chi connectivity index (χ0n) is 11.5. The Bertz CT molecular complexity index is 428. The van der Waals surface area contributed by atoms with Gasteiger partial charge in [-0.1, -0.05) is 30.3 Å². The van der Waals surface area contributed by atoms with Crippen LogP contribution in [-0.4, -0.2) is 23.9 Å². The maximum Gasteiger partial charge on any atom is 0.394 e. The number of aliphatic hydroxyl groups is 1. The fraction of sp³-hybridized carbons (Fsp3) is 0.600. The van der Waals surface area contributed by atoms with Crippen LogP contribution in [0, 0.1) is 5.41 Å². The average molecular weight is 287 g/mol. The van der Waals surface area contributed by atoms with Crippen molar-refractivity contribution >= 4 is 0 Å². The van der Waals surface area contributed by atoms with Crippen LogP contribution < -0.4 is 5.32 Å². The Kier molecular flexibility index (Phi) is 4.39. The lowest BCUT2D eigenvalue weighted by atomic mass is 9.95. The van der Waals surface area contributed by atoms with E-state index in [4.69, 9.17) is 0 Å². The maximum absolute atomic E-state index is 12.9. The summed E-state index contributed by atoms with van der Waals surface area (Å²) in [5.74, 6) is 0. The van der Waals surface area contributed by atoms with Crippen LogP contribution in [0.5, 0.6) is 0 Å². The SMILES string of the molecule is C[C@@H](N[C@@H](CO)CC1(C(F)(F)F)CC1)c1ccccc1. The molecule has 1 aromatic carbocycles. The molecule has 0 spiro atoms. The van der Waals surface area contributed by atoms with E-state index in [2.05, 4.69) is 5.32 Å². The van der Waals surface area contributed by atoms with Gasteiger partial charge in [0.15, 0.2) is 0 Å². The molecule has 0 bridgehead atoms. The van der Waals surface area contributed by atoms with Crippen molar-refractivity contribution in [2.24, 2.45) is 5.41 Å². The van der Waals surface area contributed by atoms with E-state index in [1.165, 1.54) is 0 Å². The first-order valence-corrected chi connectivity index (χ1v) is 6.86. The van der Waals surface area contributed by atoms with E-state index < -0.39 is 17.6 Å². The van der Waals surface area contributed by atoms with E-state index in [9.17, 15) is 18.3 Å². The molecule has 2 rings (SSSR count). The smallest absolute Gasteiger partial charge is 0.394 e. The monoisotopic (exact) mass is 287 g/mol. The fourth-order valence-electron chi connectivity index (χ4n) is 2.59. The summed E-state index contributed by atoms with van der Waals surface area (Å²) >= 11 is 0. The number of benzene rings is 1. The van der Waals surface area contributed by atoms with Gasteiger partial charge in [0.25, 0.3) is 0 Å². The van der Waals surface area contributed by atoms with Crippen LogP contribution in [0.3, 0.4) is 0 Å². The second-order valence-corrected chi connectivity index (χ2v) is 5.66. The van der Waals surface area contributed by atoms with Crippen LogP contribution >= 0.6 is 0 Å². The van der Waals surface area contributed by atoms with E-state index in [0.717, 1.165) is 5.56 Å². The van der Waals surface area contributed by atoms with E-state index in [1.807, 2.05) is 37.3 Å². The minimum atomic E-state index is -4.17. The van der Waals surface area contributed by atoms with Crippen molar-refractivity contribution in [3.8, 4) is 0 Å². The van der Waals surface area contributed by atoms with E-state index in [0.29, 0.717) is 0 Å². The topological polar surface area (TPSA) is 32.3 Å². The first-order chi connectivity index (χ1) is 9.38. The molecule has 2 nitrogen and oxygen atoms in total. The number of halogens is 3. The lowest BCUT2D eigenvalue weighted by molar-refractivity contribution is -0.191. The van der Waals surface area contributed by atoms with Crippen LogP contribution in [-0.2, 0) is 0 Å². The number of rotatable bonds is 6. The summed E-state index contributed by atoms with van der Waals surface area (Å²) in [6.45, 7) is 1.61. The number of alkyl halides is 3. The highest BCUT2D eigenvalue weighted by molar-refractivity contribution is 5.18. The Labute approximate surface area is 117 Å². The van der Waals surface area contributed by atoms with Gasteiger partial charge < -0.3 is 10.4 Å². The molecular weight excluding hydrogens is 267 g/mol. The molecule has 2 N–H and O–H groups in total. The van der Waals surface area contributed by atoms with Crippen molar-refractivity contribution in [3.63, 3.8) is 0 Å². The fourth-order valence-corrected chi connectivity index (χ4v) is 2.59. The van der Waals surface area contributed by atoms with Gasteiger partial charge >= 0.3 is 6.18 Å². The molecule has 5 heteroatoms. The van der Waals surface area contributed by atoms with Crippen LogP contribution in [0.2, 0.25) is 0 Å². The molecule has 2 atom stereocenters. The predicted molar refractivity (Wildman–Crippen MR) is 71.2 cm³/mol. The standard InChI is InChI=1S/C15H20F3NO/c1-11(12-5-3-2-4-6-12)19-13(10-20)9-14(7-8-14)15(16,17)18/h2-6,11,13,19-20H,7-10H2,1H3/t11-,13-/m1/s1. The van der Waals surface area contributed by atoms with Gasteiger partial charge in [-0.25, -0.2) is 0 Å². The summed E-state index contributed by atoms with van der Waals surface area (Å²) in [5.41, 5.74) is -0.577. The Balaban J connectivity index is 1.97. The minimum Gasteiger partial charge on any atom is -0.395 e. The third kappa shape index (κ3) is 3.33. The van der Waals surface area contributed by atoms with Gasteiger partial charge in [0.05, 0.1) is 12.0 Å². The molecule has 0 radical (unpaired) electrons. The molecule has 0 saturated heterocycles. The molecule has 0 aromatic heterocycles. The van der Waals surface area contributed by atoms with E-state index in [1.54, 1.807) is 0 Å². The molecule has 1 aliphatic rings. The van der Waals surface area contributed by atoms with Crippen LogP contribution in [0.25, 0.3) is 0 Å². The van der Waals surface area contributed by atoms with Gasteiger partial charge in [-0.3, -0.25) is 0 Å². The highest BCUT2D eigenvalue weighted by atomic mass is 19.4. The van der Waals surface area contributed by atoms with Gasteiger partial charge in [0.2, 0.25) is 0 Å². The number of hydrogen-bond donors (Lipinski definition) is 2. The summed E-state index contributed by atoms with van der Waals surface area (Å²) in [6, 6.07) is 8.89. The molecule has 1 saturated carbocycles. The zero-order valence-corrected chi connectivity index (χ0v) is 11.5. The Morgan fingerprint density at radius 3 is 2.30 bits per heavy atom. The van der Waals surface area contributed by atoms with Gasteiger partial charge in [-0.05, 0) is 31.7 Å². The average Bonchev–Trinajstić information content (AvgIpc) is 3.19. The van der Waals surface area contributed by atoms with Crippen molar-refractivity contribution in [3.05, 3.63) is 35.9 Å². The highest BCUT2D eigenvalue weighted by Crippen LogP contribution is 2.60. The Morgan fingerprint density at radius 2 is 1.85 bits per heavy atom. The van der Waals surface area contributed by atoms with Gasteiger partial charge in [0, 0.05) is 12.1 Å². The molecule has 1 fully saturated rings. The van der Waals surface area contributed by atoms with Crippen molar-refractivity contribution in [2.75, 3.05) is 6.61 Å². The van der Waals surface area contributed by atoms with Crippen molar-refractivity contribution < 1.29 is 18.3 Å². The molecular formula is C15H20F3NO. The lowest BCUT2D eigenvalue weighted by Gasteiger charge is -2.27. The Morgan fingerprint density at radius 1 is 1.25 bits per heavy atom. The van der Waals surface area contributed by atoms with Crippen LogP contribution in [0.15, 0.2) is 30.3 Å². The maximum atomic E-state index is 12.9. The quantitative estimate of drug-likeness (QED) is 0.840. The first-order valence-electron chi connectivity index (χ1n) is 6.86. The van der Waals surface area contributed by atoms with Gasteiger partial charge in [-0.15, -0.1) is 0 Å². The molecule has 0 amide bonds. The second kappa shape index (κ2) is 5.74. The van der Waals surface area contributed by atoms with Gasteiger partial charge in [-0.2, -0.15) is 13.2 Å². The van der Waals surface area contributed by atoms with Crippen LogP contribution in [0.4, 0.5) is 13.2 Å². The summed E-state index contributed by atoms with van der Waals surface area (Å²) in [4.78, 5) is 0. The largest absolute Gasteiger partial charge is 0.395 e. The highest BCUT2D eigenvalue weighted by Gasteiger charge is 2.63. The molecule has 1 aliphatic carbocycles. The zero-order chi connectivity index (χ0) is 14.8. The third-order valence-electron chi connectivity index (χ3n) is 4.10. The lowest BCUT2D eigenvalue weighted by Crippen LogP contribution is -2.40. The number of nitrogens with one attached hydrogen (secondary N) is 1. The molecule has 0 unspecified atom stereocenters. The van der Waals surface area contributed by atoms with Crippen molar-refractivity contribution in [1.29, 1.82) is 0 Å². The number of aliphatic hydroxyl groups excluding tert-OH is 1. The summed E-state index contributed by atoms with van der Waals surface area (Å²) < 4.78 is 38.8. The van der Waals surface area contributed by atoms with E-state index >= 15 is 0 Å². The van der Waals surface area contributed by atoms with Crippen molar-refractivity contribution in [1.82, 2.24) is 5.32 Å². The molecule has 0 aliphatic heterocycles.